The molecule has 0 aromatic heterocycles. The summed E-state index contributed by atoms with van der Waals surface area (Å²) in [5.74, 6) is -0.685. The molecule has 20 heavy (non-hydrogen) atoms. The van der Waals surface area contributed by atoms with Crippen LogP contribution in [-0.4, -0.2) is 30.8 Å². The van der Waals surface area contributed by atoms with Crippen LogP contribution in [0.4, 0.5) is 4.39 Å². The van der Waals surface area contributed by atoms with Crippen LogP contribution in [-0.2, 0) is 11.3 Å². The highest BCUT2D eigenvalue weighted by molar-refractivity contribution is 5.97. The summed E-state index contributed by atoms with van der Waals surface area (Å²) in [5, 5.41) is 14.5. The molecule has 1 aromatic rings. The maximum atomic E-state index is 14.0. The minimum Gasteiger partial charge on any atom is -0.409 e. The Hall–Kier alpha value is -1.66. The molecule has 0 aliphatic rings. The van der Waals surface area contributed by atoms with Gasteiger partial charge >= 0.3 is 0 Å². The molecule has 0 radical (unpaired) electrons. The van der Waals surface area contributed by atoms with E-state index in [2.05, 4.69) is 17.4 Å². The summed E-state index contributed by atoms with van der Waals surface area (Å²) in [7, 11) is 0. The van der Waals surface area contributed by atoms with Gasteiger partial charge in [0, 0.05) is 25.3 Å². The number of benzene rings is 1. The molecule has 1 rings (SSSR count). The lowest BCUT2D eigenvalue weighted by Crippen LogP contribution is -2.20. The van der Waals surface area contributed by atoms with Crippen LogP contribution in [0.5, 0.6) is 0 Å². The van der Waals surface area contributed by atoms with E-state index in [1.54, 1.807) is 12.1 Å². The smallest absolute Gasteiger partial charge is 0.173 e. The average molecular weight is 283 g/mol. The lowest BCUT2D eigenvalue weighted by molar-refractivity contribution is 0.132. The van der Waals surface area contributed by atoms with Gasteiger partial charge in [0.25, 0.3) is 0 Å². The van der Waals surface area contributed by atoms with Gasteiger partial charge in [0.2, 0.25) is 0 Å². The van der Waals surface area contributed by atoms with Gasteiger partial charge in [-0.3, -0.25) is 0 Å². The van der Waals surface area contributed by atoms with Crippen molar-refractivity contribution >= 4 is 5.84 Å². The summed E-state index contributed by atoms with van der Waals surface area (Å²) < 4.78 is 19.4. The van der Waals surface area contributed by atoms with Crippen molar-refractivity contribution < 1.29 is 14.3 Å². The minimum absolute atomic E-state index is 0.109. The van der Waals surface area contributed by atoms with Crippen LogP contribution in [0.15, 0.2) is 23.4 Å². The van der Waals surface area contributed by atoms with Crippen molar-refractivity contribution in [2.45, 2.75) is 26.3 Å². The van der Waals surface area contributed by atoms with Crippen molar-refractivity contribution in [3.05, 3.63) is 35.1 Å². The molecule has 0 amide bonds. The Bertz CT molecular complexity index is 438. The second-order valence-corrected chi connectivity index (χ2v) is 4.41. The first kappa shape index (κ1) is 16.4. The zero-order valence-electron chi connectivity index (χ0n) is 11.7. The quantitative estimate of drug-likeness (QED) is 0.212. The maximum Gasteiger partial charge on any atom is 0.173 e. The van der Waals surface area contributed by atoms with E-state index < -0.39 is 5.82 Å². The summed E-state index contributed by atoms with van der Waals surface area (Å²) in [6, 6.07) is 4.83. The molecule has 0 atom stereocenters. The van der Waals surface area contributed by atoms with Crippen LogP contribution in [0.2, 0.25) is 0 Å². The lowest BCUT2D eigenvalue weighted by atomic mass is 10.1. The standard InChI is InChI=1S/C14H22FN3O2/c1-2-8-20-9-4-7-17-10-11-5-3-6-12(13(11)15)14(16)18-19/h3,5-6,17,19H,2,4,7-10H2,1H3,(H2,16,18). The third-order valence-corrected chi connectivity index (χ3v) is 2.77. The monoisotopic (exact) mass is 283 g/mol. The fourth-order valence-electron chi connectivity index (χ4n) is 1.74. The van der Waals surface area contributed by atoms with Crippen molar-refractivity contribution in [1.29, 1.82) is 0 Å². The van der Waals surface area contributed by atoms with E-state index in [4.69, 9.17) is 15.7 Å². The summed E-state index contributed by atoms with van der Waals surface area (Å²) in [5.41, 5.74) is 6.01. The van der Waals surface area contributed by atoms with Gasteiger partial charge in [-0.1, -0.05) is 24.2 Å². The predicted molar refractivity (Wildman–Crippen MR) is 76.3 cm³/mol. The first-order valence-electron chi connectivity index (χ1n) is 6.74. The first-order valence-corrected chi connectivity index (χ1v) is 6.74. The van der Waals surface area contributed by atoms with Crippen LogP contribution in [0, 0.1) is 5.82 Å². The molecule has 0 bridgehead atoms. The molecule has 4 N–H and O–H groups in total. The van der Waals surface area contributed by atoms with Crippen molar-refractivity contribution in [1.82, 2.24) is 5.32 Å². The summed E-state index contributed by atoms with van der Waals surface area (Å²) in [6.07, 6.45) is 1.89. The lowest BCUT2D eigenvalue weighted by Gasteiger charge is -2.09. The van der Waals surface area contributed by atoms with Gasteiger partial charge in [-0.25, -0.2) is 4.39 Å². The summed E-state index contributed by atoms with van der Waals surface area (Å²) in [6.45, 7) is 4.68. The molecule has 0 fully saturated rings. The third kappa shape index (κ3) is 5.14. The highest BCUT2D eigenvalue weighted by atomic mass is 19.1. The molecule has 112 valence electrons. The molecule has 1 aromatic carbocycles. The van der Waals surface area contributed by atoms with Crippen molar-refractivity contribution in [3.8, 4) is 0 Å². The fourth-order valence-corrected chi connectivity index (χ4v) is 1.74. The normalized spacial score (nSPS) is 11.8. The Labute approximate surface area is 118 Å². The Morgan fingerprint density at radius 3 is 2.95 bits per heavy atom. The molecule has 0 unspecified atom stereocenters. The molecule has 0 heterocycles. The molecular weight excluding hydrogens is 261 g/mol. The van der Waals surface area contributed by atoms with E-state index in [-0.39, 0.29) is 11.4 Å². The van der Waals surface area contributed by atoms with Crippen LogP contribution in [0.3, 0.4) is 0 Å². The number of nitrogens with zero attached hydrogens (tertiary/aromatic N) is 1. The molecule has 5 nitrogen and oxygen atoms in total. The third-order valence-electron chi connectivity index (χ3n) is 2.77. The van der Waals surface area contributed by atoms with Gasteiger partial charge in [-0.2, -0.15) is 0 Å². The topological polar surface area (TPSA) is 79.9 Å². The second-order valence-electron chi connectivity index (χ2n) is 4.41. The predicted octanol–water partition coefficient (Wildman–Crippen LogP) is 1.83. The van der Waals surface area contributed by atoms with Crippen LogP contribution >= 0.6 is 0 Å². The van der Waals surface area contributed by atoms with Gasteiger partial charge < -0.3 is 21.0 Å². The number of hydrogen-bond acceptors (Lipinski definition) is 4. The largest absolute Gasteiger partial charge is 0.409 e. The number of nitrogens with two attached hydrogens (primary N) is 1. The van der Waals surface area contributed by atoms with Gasteiger partial charge in [0.1, 0.15) is 5.82 Å². The number of halogens is 1. The van der Waals surface area contributed by atoms with Gasteiger partial charge in [0.15, 0.2) is 5.84 Å². The molecule has 0 saturated carbocycles. The molecule has 0 aliphatic carbocycles. The summed E-state index contributed by atoms with van der Waals surface area (Å²) >= 11 is 0. The first-order chi connectivity index (χ1) is 9.70. The van der Waals surface area contributed by atoms with E-state index in [9.17, 15) is 4.39 Å². The minimum atomic E-state index is -0.461. The molecule has 0 spiro atoms. The zero-order valence-corrected chi connectivity index (χ0v) is 11.7. The second kappa shape index (κ2) is 9.28. The van der Waals surface area contributed by atoms with Crippen LogP contribution in [0.25, 0.3) is 0 Å². The highest BCUT2D eigenvalue weighted by Crippen LogP contribution is 2.12. The number of ether oxygens (including phenoxy) is 1. The average Bonchev–Trinajstić information content (AvgIpc) is 2.47. The van der Waals surface area contributed by atoms with Crippen molar-refractivity contribution in [2.24, 2.45) is 10.9 Å². The molecule has 0 aliphatic heterocycles. The van der Waals surface area contributed by atoms with Crippen molar-refractivity contribution in [2.75, 3.05) is 19.8 Å². The van der Waals surface area contributed by atoms with E-state index in [0.717, 1.165) is 26.0 Å². The summed E-state index contributed by atoms with van der Waals surface area (Å²) in [4.78, 5) is 0. The van der Waals surface area contributed by atoms with E-state index in [1.807, 2.05) is 0 Å². The van der Waals surface area contributed by atoms with Gasteiger partial charge in [-0.05, 0) is 25.5 Å². The van der Waals surface area contributed by atoms with Crippen LogP contribution in [0.1, 0.15) is 30.9 Å². The Morgan fingerprint density at radius 1 is 1.45 bits per heavy atom. The maximum absolute atomic E-state index is 14.0. The Morgan fingerprint density at radius 2 is 2.25 bits per heavy atom. The Balaban J connectivity index is 2.41. The number of oxime groups is 1. The van der Waals surface area contributed by atoms with Crippen molar-refractivity contribution in [3.63, 3.8) is 0 Å². The number of nitrogens with one attached hydrogen (secondary N) is 1. The fraction of sp³-hybridized carbons (Fsp3) is 0.500. The molecule has 0 saturated heterocycles. The van der Waals surface area contributed by atoms with Gasteiger partial charge in [-0.15, -0.1) is 0 Å². The van der Waals surface area contributed by atoms with Crippen LogP contribution < -0.4 is 11.1 Å². The van der Waals surface area contributed by atoms with E-state index in [0.29, 0.717) is 18.7 Å². The van der Waals surface area contributed by atoms with E-state index in [1.165, 1.54) is 6.07 Å². The molecular formula is C14H22FN3O2. The number of rotatable bonds is 9. The number of amidine groups is 1. The number of hydrogen-bond donors (Lipinski definition) is 3. The van der Waals surface area contributed by atoms with E-state index >= 15 is 0 Å². The highest BCUT2D eigenvalue weighted by Gasteiger charge is 2.10. The Kier molecular flexibility index (Phi) is 7.60. The SMILES string of the molecule is CCCOCCCNCc1cccc(/C(N)=N/O)c1F. The molecule has 6 heteroatoms. The van der Waals surface area contributed by atoms with Gasteiger partial charge in [0.05, 0.1) is 5.56 Å². The zero-order chi connectivity index (χ0) is 14.8.